The van der Waals surface area contributed by atoms with Crippen molar-refractivity contribution in [1.29, 1.82) is 0 Å². The quantitative estimate of drug-likeness (QED) is 0.598. The van der Waals surface area contributed by atoms with Gasteiger partial charge in [-0.3, -0.25) is 0 Å². The van der Waals surface area contributed by atoms with E-state index in [1.54, 1.807) is 0 Å². The van der Waals surface area contributed by atoms with Crippen LogP contribution in [0.25, 0.3) is 5.57 Å². The van der Waals surface area contributed by atoms with Crippen molar-refractivity contribution in [1.82, 2.24) is 0 Å². The van der Waals surface area contributed by atoms with Gasteiger partial charge in [0.25, 0.3) is 0 Å². The van der Waals surface area contributed by atoms with Gasteiger partial charge < -0.3 is 9.47 Å². The Morgan fingerprint density at radius 3 is 2.20 bits per heavy atom. The van der Waals surface area contributed by atoms with Crippen LogP contribution in [0.3, 0.4) is 0 Å². The van der Waals surface area contributed by atoms with Crippen molar-refractivity contribution in [2.75, 3.05) is 0 Å². The molecule has 0 unspecified atom stereocenters. The largest absolute Gasteiger partial charge is 0.491 e. The first-order chi connectivity index (χ1) is 11.9. The van der Waals surface area contributed by atoms with Gasteiger partial charge in [0.05, 0.1) is 6.10 Å². The molecule has 0 amide bonds. The second kappa shape index (κ2) is 9.31. The van der Waals surface area contributed by atoms with E-state index in [2.05, 4.69) is 13.5 Å². The second-order valence-electron chi connectivity index (χ2n) is 7.10. The fourth-order valence-corrected chi connectivity index (χ4v) is 2.15. The molecule has 2 heteroatoms. The van der Waals surface area contributed by atoms with Crippen molar-refractivity contribution < 1.29 is 9.47 Å². The van der Waals surface area contributed by atoms with Crippen LogP contribution >= 0.6 is 0 Å². The molecular weight excluding hydrogens is 308 g/mol. The molecule has 25 heavy (non-hydrogen) atoms. The maximum Gasteiger partial charge on any atom is 0.124 e. The molecule has 1 saturated carbocycles. The molecule has 0 heterocycles. The first-order valence-corrected chi connectivity index (χ1v) is 9.08. The summed E-state index contributed by atoms with van der Waals surface area (Å²) in [7, 11) is 0. The lowest BCUT2D eigenvalue weighted by Crippen LogP contribution is -2.06. The molecule has 0 spiro atoms. The number of hydrogen-bond acceptors (Lipinski definition) is 2. The van der Waals surface area contributed by atoms with E-state index in [4.69, 9.17) is 9.47 Å². The molecule has 0 saturated heterocycles. The van der Waals surface area contributed by atoms with E-state index >= 15 is 0 Å². The summed E-state index contributed by atoms with van der Waals surface area (Å²) in [6.07, 6.45) is 3.10. The first-order valence-electron chi connectivity index (χ1n) is 9.08. The third-order valence-corrected chi connectivity index (χ3v) is 3.86. The zero-order valence-corrected chi connectivity index (χ0v) is 15.9. The number of benzene rings is 2. The van der Waals surface area contributed by atoms with E-state index < -0.39 is 0 Å². The molecule has 0 bridgehead atoms. The standard InChI is InChI=1S/C19H22O2.C4H8/c1-14(2)17-10-18(12-19(11-17)21-15(3)4)20-13-16-8-6-5-7-9-16;1-4-2-3-4/h5-12,15H,1,13H2,2-4H3;4H,2-3H2,1H3. The predicted octanol–water partition coefficient (Wildman–Crippen LogP) is 6.50. The molecule has 3 rings (SSSR count). The highest BCUT2D eigenvalue weighted by atomic mass is 16.5. The third-order valence-electron chi connectivity index (χ3n) is 3.86. The van der Waals surface area contributed by atoms with Gasteiger partial charge in [-0.25, -0.2) is 0 Å². The lowest BCUT2D eigenvalue weighted by atomic mass is 10.1. The zero-order chi connectivity index (χ0) is 18.2. The lowest BCUT2D eigenvalue weighted by molar-refractivity contribution is 0.239. The van der Waals surface area contributed by atoms with Crippen LogP contribution in [0.4, 0.5) is 0 Å². The van der Waals surface area contributed by atoms with E-state index in [1.807, 2.05) is 69.3 Å². The Kier molecular flexibility index (Phi) is 7.12. The Labute approximate surface area is 152 Å². The molecular formula is C23H30O2. The highest BCUT2D eigenvalue weighted by Gasteiger charge is 2.12. The van der Waals surface area contributed by atoms with Crippen LogP contribution in [0.2, 0.25) is 0 Å². The Balaban J connectivity index is 0.000000493. The topological polar surface area (TPSA) is 18.5 Å². The summed E-state index contributed by atoms with van der Waals surface area (Å²) < 4.78 is 11.7. The smallest absolute Gasteiger partial charge is 0.124 e. The van der Waals surface area contributed by atoms with Gasteiger partial charge in [0.1, 0.15) is 18.1 Å². The van der Waals surface area contributed by atoms with Crippen molar-refractivity contribution in [2.45, 2.75) is 53.2 Å². The van der Waals surface area contributed by atoms with E-state index in [9.17, 15) is 0 Å². The Hall–Kier alpha value is -2.22. The van der Waals surface area contributed by atoms with Gasteiger partial charge in [-0.15, -0.1) is 0 Å². The van der Waals surface area contributed by atoms with Gasteiger partial charge in [0.15, 0.2) is 0 Å². The van der Waals surface area contributed by atoms with E-state index in [1.165, 1.54) is 12.8 Å². The SMILES string of the molecule is C=C(C)c1cc(OCc2ccccc2)cc(OC(C)C)c1.CC1CC1. The summed E-state index contributed by atoms with van der Waals surface area (Å²) >= 11 is 0. The van der Waals surface area contributed by atoms with Gasteiger partial charge in [-0.05, 0) is 49.9 Å². The van der Waals surface area contributed by atoms with Crippen LogP contribution < -0.4 is 9.47 Å². The molecule has 0 atom stereocenters. The summed E-state index contributed by atoms with van der Waals surface area (Å²) in [5.41, 5.74) is 3.18. The minimum Gasteiger partial charge on any atom is -0.491 e. The monoisotopic (exact) mass is 338 g/mol. The molecule has 0 radical (unpaired) electrons. The molecule has 1 fully saturated rings. The number of hydrogen-bond donors (Lipinski definition) is 0. The van der Waals surface area contributed by atoms with E-state index in [0.717, 1.165) is 34.1 Å². The maximum atomic E-state index is 5.88. The Morgan fingerprint density at radius 1 is 1.08 bits per heavy atom. The number of rotatable bonds is 6. The van der Waals surface area contributed by atoms with Crippen molar-refractivity contribution >= 4 is 5.57 Å². The summed E-state index contributed by atoms with van der Waals surface area (Å²) in [6, 6.07) is 16.0. The van der Waals surface area contributed by atoms with Gasteiger partial charge in [0, 0.05) is 6.07 Å². The highest BCUT2D eigenvalue weighted by Crippen LogP contribution is 2.28. The fourth-order valence-electron chi connectivity index (χ4n) is 2.15. The molecule has 134 valence electrons. The second-order valence-corrected chi connectivity index (χ2v) is 7.10. The van der Waals surface area contributed by atoms with Crippen LogP contribution in [0, 0.1) is 5.92 Å². The summed E-state index contributed by atoms with van der Waals surface area (Å²) in [5.74, 6) is 2.70. The van der Waals surface area contributed by atoms with Crippen molar-refractivity contribution in [3.63, 3.8) is 0 Å². The average Bonchev–Trinajstić information content (AvgIpc) is 3.36. The molecule has 0 aliphatic heterocycles. The molecule has 1 aliphatic carbocycles. The van der Waals surface area contributed by atoms with Gasteiger partial charge in [0.2, 0.25) is 0 Å². The maximum absolute atomic E-state index is 5.88. The fraction of sp³-hybridized carbons (Fsp3) is 0.391. The number of ether oxygens (including phenoxy) is 2. The summed E-state index contributed by atoms with van der Waals surface area (Å²) in [6.45, 7) is 12.8. The zero-order valence-electron chi connectivity index (χ0n) is 15.9. The Bertz CT molecular complexity index is 670. The molecule has 2 aromatic rings. The van der Waals surface area contributed by atoms with E-state index in [0.29, 0.717) is 6.61 Å². The van der Waals surface area contributed by atoms with Crippen molar-refractivity contribution in [2.24, 2.45) is 5.92 Å². The molecule has 2 aromatic carbocycles. The Morgan fingerprint density at radius 2 is 1.68 bits per heavy atom. The van der Waals surface area contributed by atoms with Crippen LogP contribution in [0.1, 0.15) is 51.7 Å². The van der Waals surface area contributed by atoms with Gasteiger partial charge in [-0.1, -0.05) is 62.2 Å². The summed E-state index contributed by atoms with van der Waals surface area (Å²) in [5, 5.41) is 0. The van der Waals surface area contributed by atoms with Gasteiger partial charge >= 0.3 is 0 Å². The van der Waals surface area contributed by atoms with Crippen molar-refractivity contribution in [3.05, 3.63) is 66.2 Å². The van der Waals surface area contributed by atoms with Crippen LogP contribution in [0.5, 0.6) is 11.5 Å². The van der Waals surface area contributed by atoms with Gasteiger partial charge in [-0.2, -0.15) is 0 Å². The lowest BCUT2D eigenvalue weighted by Gasteiger charge is -2.14. The normalized spacial score (nSPS) is 13.0. The molecule has 0 aromatic heterocycles. The minimum atomic E-state index is 0.132. The highest BCUT2D eigenvalue weighted by molar-refractivity contribution is 5.64. The molecule has 0 N–H and O–H groups in total. The average molecular weight is 338 g/mol. The predicted molar refractivity (Wildman–Crippen MR) is 106 cm³/mol. The number of allylic oxidation sites excluding steroid dienone is 1. The first kappa shape index (κ1) is 19.1. The van der Waals surface area contributed by atoms with Crippen LogP contribution in [-0.4, -0.2) is 6.10 Å². The molecule has 2 nitrogen and oxygen atoms in total. The molecule has 1 aliphatic rings. The summed E-state index contributed by atoms with van der Waals surface area (Å²) in [4.78, 5) is 0. The van der Waals surface area contributed by atoms with Crippen LogP contribution in [0.15, 0.2) is 55.1 Å². The minimum absolute atomic E-state index is 0.132. The van der Waals surface area contributed by atoms with E-state index in [-0.39, 0.29) is 6.10 Å². The van der Waals surface area contributed by atoms with Crippen LogP contribution in [-0.2, 0) is 6.61 Å². The third kappa shape index (κ3) is 7.47. The van der Waals surface area contributed by atoms with Crippen molar-refractivity contribution in [3.8, 4) is 11.5 Å².